The van der Waals surface area contributed by atoms with E-state index in [2.05, 4.69) is 19.9 Å². The highest BCUT2D eigenvalue weighted by atomic mass is 14.1. The molecule has 64 valence electrons. The Morgan fingerprint density at radius 2 is 2.18 bits per heavy atom. The van der Waals surface area contributed by atoms with Gasteiger partial charge in [0, 0.05) is 0 Å². The zero-order chi connectivity index (χ0) is 8.10. The van der Waals surface area contributed by atoms with Crippen molar-refractivity contribution in [1.29, 1.82) is 0 Å². The lowest BCUT2D eigenvalue weighted by Gasteiger charge is -2.06. The maximum absolute atomic E-state index is 2.36. The first-order valence-corrected chi connectivity index (χ1v) is 5.00. The van der Waals surface area contributed by atoms with Gasteiger partial charge in [-0.2, -0.15) is 0 Å². The normalized spacial score (nSPS) is 17.8. The molecule has 0 aromatic rings. The average molecular weight is 152 g/mol. The smallest absolute Gasteiger partial charge is 0.0136 e. The van der Waals surface area contributed by atoms with Crippen LogP contribution in [0.3, 0.4) is 0 Å². The molecular formula is C11H20. The minimum Gasteiger partial charge on any atom is -0.0810 e. The third-order valence-electron chi connectivity index (χ3n) is 2.63. The zero-order valence-corrected chi connectivity index (χ0v) is 7.90. The van der Waals surface area contributed by atoms with Crippen molar-refractivity contribution >= 4 is 0 Å². The van der Waals surface area contributed by atoms with E-state index in [9.17, 15) is 0 Å². The van der Waals surface area contributed by atoms with Crippen LogP contribution < -0.4 is 0 Å². The van der Waals surface area contributed by atoms with Crippen molar-refractivity contribution in [3.05, 3.63) is 11.6 Å². The molecule has 0 radical (unpaired) electrons. The summed E-state index contributed by atoms with van der Waals surface area (Å²) in [7, 11) is 0. The predicted molar refractivity (Wildman–Crippen MR) is 50.6 cm³/mol. The van der Waals surface area contributed by atoms with E-state index in [1.165, 1.54) is 38.5 Å². The number of hydrogen-bond acceptors (Lipinski definition) is 0. The molecular weight excluding hydrogens is 132 g/mol. The molecule has 0 heteroatoms. The summed E-state index contributed by atoms with van der Waals surface area (Å²) in [6, 6.07) is 0. The van der Waals surface area contributed by atoms with Gasteiger partial charge in [0.25, 0.3) is 0 Å². The van der Waals surface area contributed by atoms with Gasteiger partial charge in [0.1, 0.15) is 0 Å². The van der Waals surface area contributed by atoms with Gasteiger partial charge in [0.15, 0.2) is 0 Å². The van der Waals surface area contributed by atoms with Gasteiger partial charge in [0.2, 0.25) is 0 Å². The van der Waals surface area contributed by atoms with Gasteiger partial charge in [-0.1, -0.05) is 44.8 Å². The molecule has 1 atom stereocenters. The van der Waals surface area contributed by atoms with Crippen LogP contribution in [0.4, 0.5) is 0 Å². The van der Waals surface area contributed by atoms with E-state index in [-0.39, 0.29) is 0 Å². The highest BCUT2D eigenvalue weighted by Gasteiger charge is 2.06. The van der Waals surface area contributed by atoms with Crippen molar-refractivity contribution in [1.82, 2.24) is 0 Å². The Kier molecular flexibility index (Phi) is 3.68. The largest absolute Gasteiger partial charge is 0.0810 e. The van der Waals surface area contributed by atoms with E-state index >= 15 is 0 Å². The zero-order valence-electron chi connectivity index (χ0n) is 7.90. The van der Waals surface area contributed by atoms with Crippen LogP contribution in [-0.2, 0) is 0 Å². The fraction of sp³-hybridized carbons (Fsp3) is 0.818. The first-order chi connectivity index (χ1) is 5.33. The van der Waals surface area contributed by atoms with E-state index in [0.717, 1.165) is 5.92 Å². The Bertz CT molecular complexity index is 133. The van der Waals surface area contributed by atoms with E-state index in [1.807, 2.05) is 0 Å². The minimum absolute atomic E-state index is 0.947. The molecule has 0 saturated heterocycles. The second-order valence-electron chi connectivity index (χ2n) is 3.83. The Morgan fingerprint density at radius 1 is 1.45 bits per heavy atom. The second kappa shape index (κ2) is 4.58. The molecule has 0 saturated carbocycles. The van der Waals surface area contributed by atoms with Crippen LogP contribution in [0.5, 0.6) is 0 Å². The third-order valence-corrected chi connectivity index (χ3v) is 2.63. The average Bonchev–Trinajstić information content (AvgIpc) is 2.81. The highest BCUT2D eigenvalue weighted by Crippen LogP contribution is 2.25. The van der Waals surface area contributed by atoms with Crippen LogP contribution in [0.2, 0.25) is 0 Å². The third kappa shape index (κ3) is 4.23. The lowest BCUT2D eigenvalue weighted by molar-refractivity contribution is 0.485. The Morgan fingerprint density at radius 3 is 2.73 bits per heavy atom. The molecule has 1 aliphatic carbocycles. The first kappa shape index (κ1) is 8.83. The molecule has 0 N–H and O–H groups in total. The molecule has 0 fully saturated rings. The standard InChI is InChI=1S/C11H20/c1-3-10(2)6-4-5-7-11-8-9-11/h8,10H,3-7,9H2,1-2H3. The maximum Gasteiger partial charge on any atom is -0.0136 e. The van der Waals surface area contributed by atoms with Crippen LogP contribution in [0, 0.1) is 5.92 Å². The van der Waals surface area contributed by atoms with Gasteiger partial charge in [-0.15, -0.1) is 0 Å². The fourth-order valence-corrected chi connectivity index (χ4v) is 1.33. The molecule has 0 aliphatic heterocycles. The lowest BCUT2D eigenvalue weighted by Crippen LogP contribution is -1.91. The van der Waals surface area contributed by atoms with Gasteiger partial charge in [-0.25, -0.2) is 0 Å². The van der Waals surface area contributed by atoms with Gasteiger partial charge < -0.3 is 0 Å². The van der Waals surface area contributed by atoms with E-state index in [4.69, 9.17) is 0 Å². The molecule has 0 spiro atoms. The number of rotatable bonds is 6. The molecule has 1 unspecified atom stereocenters. The molecule has 0 nitrogen and oxygen atoms in total. The van der Waals surface area contributed by atoms with E-state index in [0.29, 0.717) is 0 Å². The number of hydrogen-bond donors (Lipinski definition) is 0. The summed E-state index contributed by atoms with van der Waals surface area (Å²) in [4.78, 5) is 0. The quantitative estimate of drug-likeness (QED) is 0.399. The van der Waals surface area contributed by atoms with Crippen molar-refractivity contribution in [2.75, 3.05) is 0 Å². The molecule has 0 aromatic carbocycles. The van der Waals surface area contributed by atoms with Gasteiger partial charge >= 0.3 is 0 Å². The summed E-state index contributed by atoms with van der Waals surface area (Å²) in [5.74, 6) is 0.947. The van der Waals surface area contributed by atoms with Crippen LogP contribution in [0.1, 0.15) is 52.4 Å². The molecule has 0 bridgehead atoms. The summed E-state index contributed by atoms with van der Waals surface area (Å²) in [6.07, 6.45) is 10.7. The SMILES string of the molecule is CCC(C)CCCCC1=CC1. The highest BCUT2D eigenvalue weighted by molar-refractivity contribution is 5.21. The number of unbranched alkanes of at least 4 members (excludes halogenated alkanes) is 1. The van der Waals surface area contributed by atoms with Crippen LogP contribution in [-0.4, -0.2) is 0 Å². The molecule has 1 aliphatic rings. The summed E-state index contributed by atoms with van der Waals surface area (Å²) in [5, 5.41) is 0. The van der Waals surface area contributed by atoms with E-state index in [1.54, 1.807) is 5.57 Å². The predicted octanol–water partition coefficient (Wildman–Crippen LogP) is 3.92. The minimum atomic E-state index is 0.947. The number of allylic oxidation sites excluding steroid dienone is 2. The second-order valence-corrected chi connectivity index (χ2v) is 3.83. The van der Waals surface area contributed by atoms with Crippen LogP contribution >= 0.6 is 0 Å². The monoisotopic (exact) mass is 152 g/mol. The lowest BCUT2D eigenvalue weighted by atomic mass is 10.0. The molecule has 0 aromatic heterocycles. The summed E-state index contributed by atoms with van der Waals surface area (Å²) >= 11 is 0. The molecule has 0 heterocycles. The van der Waals surface area contributed by atoms with Crippen molar-refractivity contribution in [3.63, 3.8) is 0 Å². The molecule has 11 heavy (non-hydrogen) atoms. The maximum atomic E-state index is 2.36. The summed E-state index contributed by atoms with van der Waals surface area (Å²) < 4.78 is 0. The van der Waals surface area contributed by atoms with Crippen molar-refractivity contribution in [3.8, 4) is 0 Å². The fourth-order valence-electron chi connectivity index (χ4n) is 1.33. The van der Waals surface area contributed by atoms with Crippen molar-refractivity contribution in [2.45, 2.75) is 52.4 Å². The van der Waals surface area contributed by atoms with E-state index < -0.39 is 0 Å². The summed E-state index contributed by atoms with van der Waals surface area (Å²) in [6.45, 7) is 4.64. The van der Waals surface area contributed by atoms with Crippen LogP contribution in [0.15, 0.2) is 11.6 Å². The van der Waals surface area contributed by atoms with Crippen molar-refractivity contribution in [2.24, 2.45) is 5.92 Å². The van der Waals surface area contributed by atoms with Crippen LogP contribution in [0.25, 0.3) is 0 Å². The molecule has 1 rings (SSSR count). The first-order valence-electron chi connectivity index (χ1n) is 5.00. The molecule has 0 amide bonds. The topological polar surface area (TPSA) is 0 Å². The van der Waals surface area contributed by atoms with Crippen molar-refractivity contribution < 1.29 is 0 Å². The Balaban J connectivity index is 1.83. The van der Waals surface area contributed by atoms with Gasteiger partial charge in [-0.05, 0) is 25.2 Å². The summed E-state index contributed by atoms with van der Waals surface area (Å²) in [5.41, 5.74) is 1.70. The Hall–Kier alpha value is -0.260. The van der Waals surface area contributed by atoms with Gasteiger partial charge in [-0.3, -0.25) is 0 Å². The Labute approximate surface area is 70.7 Å². The van der Waals surface area contributed by atoms with Gasteiger partial charge in [0.05, 0.1) is 0 Å².